The van der Waals surface area contributed by atoms with Gasteiger partial charge in [-0.1, -0.05) is 35.3 Å². The van der Waals surface area contributed by atoms with Crippen LogP contribution in [-0.2, 0) is 20.8 Å². The molecule has 3 rings (SSSR count). The molecule has 0 saturated carbocycles. The first-order chi connectivity index (χ1) is 17.9. The first-order valence-electron chi connectivity index (χ1n) is 12.4. The molecule has 10 heteroatoms. The van der Waals surface area contributed by atoms with Crippen molar-refractivity contribution in [1.82, 2.24) is 16.0 Å². The number of nitrogens with one attached hydrogen (secondary N) is 3. The van der Waals surface area contributed by atoms with Gasteiger partial charge in [-0.15, -0.1) is 0 Å². The monoisotopic (exact) mass is 551 g/mol. The molecule has 0 radical (unpaired) electrons. The van der Waals surface area contributed by atoms with Gasteiger partial charge in [0.15, 0.2) is 0 Å². The van der Waals surface area contributed by atoms with E-state index in [1.807, 2.05) is 19.2 Å². The summed E-state index contributed by atoms with van der Waals surface area (Å²) < 4.78 is 15.9. The van der Waals surface area contributed by atoms with Gasteiger partial charge in [-0.2, -0.15) is 0 Å². The van der Waals surface area contributed by atoms with Crippen LogP contribution in [0, 0.1) is 5.92 Å². The smallest absolute Gasteiger partial charge is 0.406 e. The third-order valence-corrected chi connectivity index (χ3v) is 6.83. The Morgan fingerprint density at radius 1 is 1.19 bits per heavy atom. The number of halogens is 2. The van der Waals surface area contributed by atoms with Crippen LogP contribution in [0.25, 0.3) is 11.1 Å². The number of hydrogen-bond donors (Lipinski definition) is 3. The normalized spacial score (nSPS) is 16.2. The minimum atomic E-state index is -0.513. The SMILES string of the molecule is CNC(CNC(=O)c1cc(Cl)cc(-c2c(Cl)cccc2COCCNC(=O)OC)c1)CC1CCCOC1. The largest absolute Gasteiger partial charge is 0.453 e. The summed E-state index contributed by atoms with van der Waals surface area (Å²) in [7, 11) is 3.21. The van der Waals surface area contributed by atoms with Gasteiger partial charge in [-0.3, -0.25) is 4.79 Å². The third kappa shape index (κ3) is 9.16. The summed E-state index contributed by atoms with van der Waals surface area (Å²) in [5.41, 5.74) is 2.75. The minimum absolute atomic E-state index is 0.148. The van der Waals surface area contributed by atoms with Gasteiger partial charge in [-0.05, 0) is 67.6 Å². The van der Waals surface area contributed by atoms with Crippen LogP contribution >= 0.6 is 23.2 Å². The van der Waals surface area contributed by atoms with Crippen LogP contribution in [0.1, 0.15) is 35.2 Å². The molecule has 8 nitrogen and oxygen atoms in total. The van der Waals surface area contributed by atoms with E-state index in [1.165, 1.54) is 7.11 Å². The van der Waals surface area contributed by atoms with Crippen molar-refractivity contribution in [3.63, 3.8) is 0 Å². The van der Waals surface area contributed by atoms with Crippen molar-refractivity contribution >= 4 is 35.2 Å². The fourth-order valence-electron chi connectivity index (χ4n) is 4.37. The Morgan fingerprint density at radius 3 is 2.76 bits per heavy atom. The highest BCUT2D eigenvalue weighted by atomic mass is 35.5. The Kier molecular flexibility index (Phi) is 12.0. The molecule has 1 aliphatic rings. The maximum Gasteiger partial charge on any atom is 0.406 e. The number of methoxy groups -OCH3 is 1. The molecule has 2 amide bonds. The molecule has 1 fully saturated rings. The number of benzene rings is 2. The lowest BCUT2D eigenvalue weighted by Crippen LogP contribution is -2.41. The molecule has 2 atom stereocenters. The molecule has 1 aliphatic heterocycles. The van der Waals surface area contributed by atoms with E-state index in [4.69, 9.17) is 32.7 Å². The van der Waals surface area contributed by atoms with E-state index in [9.17, 15) is 9.59 Å². The minimum Gasteiger partial charge on any atom is -0.453 e. The number of amides is 2. The van der Waals surface area contributed by atoms with Crippen LogP contribution in [0.4, 0.5) is 4.79 Å². The molecular formula is C27H35Cl2N3O5. The van der Waals surface area contributed by atoms with Crippen LogP contribution in [-0.4, -0.2) is 65.1 Å². The number of rotatable bonds is 12. The molecule has 2 aromatic carbocycles. The lowest BCUT2D eigenvalue weighted by molar-refractivity contribution is 0.0478. The second-order valence-electron chi connectivity index (χ2n) is 8.99. The molecular weight excluding hydrogens is 517 g/mol. The number of likely N-dealkylation sites (N-methyl/N-ethyl adjacent to an activating group) is 1. The second-order valence-corrected chi connectivity index (χ2v) is 9.83. The summed E-state index contributed by atoms with van der Waals surface area (Å²) in [6.45, 7) is 2.98. The maximum absolute atomic E-state index is 13.1. The average molecular weight is 552 g/mol. The number of hydrogen-bond acceptors (Lipinski definition) is 6. The Bertz CT molecular complexity index is 1050. The first-order valence-corrected chi connectivity index (χ1v) is 13.2. The van der Waals surface area contributed by atoms with Gasteiger partial charge in [0.25, 0.3) is 5.91 Å². The zero-order chi connectivity index (χ0) is 26.6. The zero-order valence-electron chi connectivity index (χ0n) is 21.3. The molecule has 1 saturated heterocycles. The lowest BCUT2D eigenvalue weighted by atomic mass is 9.94. The molecule has 37 heavy (non-hydrogen) atoms. The van der Waals surface area contributed by atoms with Crippen molar-refractivity contribution < 1.29 is 23.8 Å². The standard InChI is InChI=1S/C27H35Cl2N3O5/c1-30-23(11-18-5-4-9-36-16-18)15-32-26(33)21-12-20(13-22(28)14-21)25-19(6-3-7-24(25)29)17-37-10-8-31-27(34)35-2/h3,6-7,12-14,18,23,30H,4-5,8-11,15-17H2,1-2H3,(H,31,34)(H,32,33). The zero-order valence-corrected chi connectivity index (χ0v) is 22.8. The van der Waals surface area contributed by atoms with Crippen LogP contribution in [0.15, 0.2) is 36.4 Å². The quantitative estimate of drug-likeness (QED) is 0.331. The van der Waals surface area contributed by atoms with Crippen LogP contribution < -0.4 is 16.0 Å². The van der Waals surface area contributed by atoms with Crippen molar-refractivity contribution in [3.05, 3.63) is 57.6 Å². The Morgan fingerprint density at radius 2 is 2.03 bits per heavy atom. The van der Waals surface area contributed by atoms with Gasteiger partial charge < -0.3 is 30.2 Å². The second kappa shape index (κ2) is 15.1. The van der Waals surface area contributed by atoms with Gasteiger partial charge in [0.2, 0.25) is 0 Å². The van der Waals surface area contributed by atoms with Crippen molar-refractivity contribution in [3.8, 4) is 11.1 Å². The Balaban J connectivity index is 1.67. The van der Waals surface area contributed by atoms with Crippen molar-refractivity contribution in [2.24, 2.45) is 5.92 Å². The molecule has 202 valence electrons. The van der Waals surface area contributed by atoms with Gasteiger partial charge in [0.1, 0.15) is 0 Å². The van der Waals surface area contributed by atoms with Gasteiger partial charge in [-0.25, -0.2) is 4.79 Å². The molecule has 0 spiro atoms. The Hall–Kier alpha value is -2.36. The van der Waals surface area contributed by atoms with E-state index in [0.717, 1.165) is 49.2 Å². The molecule has 1 heterocycles. The number of carbonyl (C=O) groups is 2. The highest BCUT2D eigenvalue weighted by molar-refractivity contribution is 6.34. The summed E-state index contributed by atoms with van der Waals surface area (Å²) in [6, 6.07) is 10.9. The lowest BCUT2D eigenvalue weighted by Gasteiger charge is -2.26. The molecule has 3 N–H and O–H groups in total. The highest BCUT2D eigenvalue weighted by Gasteiger charge is 2.20. The number of alkyl carbamates (subject to hydrolysis) is 1. The topological polar surface area (TPSA) is 97.9 Å². The van der Waals surface area contributed by atoms with Gasteiger partial charge >= 0.3 is 6.09 Å². The van der Waals surface area contributed by atoms with E-state index in [2.05, 4.69) is 20.7 Å². The van der Waals surface area contributed by atoms with E-state index >= 15 is 0 Å². The molecule has 2 unspecified atom stereocenters. The Labute approximate surface area is 228 Å². The van der Waals surface area contributed by atoms with Crippen LogP contribution in [0.5, 0.6) is 0 Å². The van der Waals surface area contributed by atoms with E-state index < -0.39 is 6.09 Å². The molecule has 0 aliphatic carbocycles. The van der Waals surface area contributed by atoms with Gasteiger partial charge in [0.05, 0.1) is 20.3 Å². The van der Waals surface area contributed by atoms with Gasteiger partial charge in [0, 0.05) is 53.5 Å². The molecule has 0 aromatic heterocycles. The number of carbonyl (C=O) groups excluding carboxylic acids is 2. The predicted octanol–water partition coefficient (Wildman–Crippen LogP) is 4.67. The highest BCUT2D eigenvalue weighted by Crippen LogP contribution is 2.34. The van der Waals surface area contributed by atoms with Crippen LogP contribution in [0.3, 0.4) is 0 Å². The van der Waals surface area contributed by atoms with Crippen LogP contribution in [0.2, 0.25) is 10.0 Å². The van der Waals surface area contributed by atoms with Crippen molar-refractivity contribution in [1.29, 1.82) is 0 Å². The molecule has 2 aromatic rings. The van der Waals surface area contributed by atoms with Crippen molar-refractivity contribution in [2.45, 2.75) is 31.9 Å². The summed E-state index contributed by atoms with van der Waals surface area (Å²) in [4.78, 5) is 24.2. The summed E-state index contributed by atoms with van der Waals surface area (Å²) >= 11 is 13.0. The fourth-order valence-corrected chi connectivity index (χ4v) is 4.91. The molecule has 0 bridgehead atoms. The van der Waals surface area contributed by atoms with E-state index in [1.54, 1.807) is 24.3 Å². The predicted molar refractivity (Wildman–Crippen MR) is 145 cm³/mol. The number of ether oxygens (including phenoxy) is 3. The summed E-state index contributed by atoms with van der Waals surface area (Å²) in [5, 5.41) is 9.85. The summed E-state index contributed by atoms with van der Waals surface area (Å²) in [5.74, 6) is 0.292. The fraction of sp³-hybridized carbons (Fsp3) is 0.481. The average Bonchev–Trinajstić information content (AvgIpc) is 2.90. The first kappa shape index (κ1) is 29.2. The van der Waals surface area contributed by atoms with E-state index in [0.29, 0.717) is 41.2 Å². The van der Waals surface area contributed by atoms with E-state index in [-0.39, 0.29) is 18.6 Å². The maximum atomic E-state index is 13.1. The third-order valence-electron chi connectivity index (χ3n) is 6.30. The van der Waals surface area contributed by atoms with Crippen molar-refractivity contribution in [2.75, 3.05) is 47.1 Å². The summed E-state index contributed by atoms with van der Waals surface area (Å²) in [6.07, 6.45) is 2.66.